The van der Waals surface area contributed by atoms with Crippen molar-refractivity contribution in [2.45, 2.75) is 58.0 Å². The van der Waals surface area contributed by atoms with Gasteiger partial charge in [-0.05, 0) is 84.0 Å². The van der Waals surface area contributed by atoms with Crippen molar-refractivity contribution >= 4 is 41.5 Å². The molecular weight excluding hydrogens is 845 g/mol. The minimum Gasteiger partial charge on any atom is -0.489 e. The molecule has 1 aliphatic rings. The van der Waals surface area contributed by atoms with Crippen LogP contribution in [0.5, 0.6) is 5.75 Å². The van der Waals surface area contributed by atoms with Gasteiger partial charge in [-0.25, -0.2) is 9.59 Å². The minimum absolute atomic E-state index is 0.0803. The largest absolute Gasteiger partial charge is 0.489 e. The number of benzene rings is 5. The van der Waals surface area contributed by atoms with Crippen LogP contribution in [0.1, 0.15) is 54.5 Å². The highest BCUT2D eigenvalue weighted by atomic mass is 16.6. The number of fused-ring (bicyclic) bond motifs is 3. The zero-order valence-electron chi connectivity index (χ0n) is 37.0. The van der Waals surface area contributed by atoms with Crippen molar-refractivity contribution in [3.63, 3.8) is 0 Å². The maximum atomic E-state index is 13.2. The third-order valence-corrected chi connectivity index (χ3v) is 10.1. The number of nitrogens with one attached hydrogen (secondary N) is 6. The zero-order valence-corrected chi connectivity index (χ0v) is 37.0. The van der Waals surface area contributed by atoms with Crippen molar-refractivity contribution < 1.29 is 47.7 Å². The topological polar surface area (TPSA) is 212 Å². The van der Waals surface area contributed by atoms with Crippen molar-refractivity contribution in [3.05, 3.63) is 155 Å². The highest BCUT2D eigenvalue weighted by molar-refractivity contribution is 5.92. The van der Waals surface area contributed by atoms with Crippen LogP contribution >= 0.6 is 0 Å². The Morgan fingerprint density at radius 3 is 1.80 bits per heavy atom. The van der Waals surface area contributed by atoms with Crippen LogP contribution in [0.15, 0.2) is 127 Å². The first-order valence-corrected chi connectivity index (χ1v) is 21.4. The highest BCUT2D eigenvalue weighted by Crippen LogP contribution is 2.44. The first-order chi connectivity index (χ1) is 31.8. The fourth-order valence-electron chi connectivity index (χ4n) is 6.96. The summed E-state index contributed by atoms with van der Waals surface area (Å²) >= 11 is 0. The average molecular weight is 899 g/mol. The van der Waals surface area contributed by atoms with Gasteiger partial charge in [-0.3, -0.25) is 24.5 Å². The molecule has 0 fully saturated rings. The van der Waals surface area contributed by atoms with Gasteiger partial charge >= 0.3 is 12.2 Å². The molecule has 5 aromatic carbocycles. The smallest absolute Gasteiger partial charge is 0.412 e. The second kappa shape index (κ2) is 23.3. The Balaban J connectivity index is 0.862. The summed E-state index contributed by atoms with van der Waals surface area (Å²) < 4.78 is 22.2. The SMILES string of the molecule is CC(C)(C)OC(=O)Nc1ccc(OCc2ccc(COCNC(=O)CNC(=O)[C@H](Cc3ccccc3)NC(=O)CNC(=O)CNC(=O)OCC3c4ccccc4-c4ccccc43)cc2)cc1. The number of hydrogen-bond donors (Lipinski definition) is 6. The number of anilines is 1. The van der Waals surface area contributed by atoms with Gasteiger partial charge < -0.3 is 45.5 Å². The van der Waals surface area contributed by atoms with E-state index < -0.39 is 60.5 Å². The van der Waals surface area contributed by atoms with Crippen molar-refractivity contribution in [1.29, 1.82) is 0 Å². The lowest BCUT2D eigenvalue weighted by Crippen LogP contribution is -2.52. The molecule has 0 aliphatic heterocycles. The summed E-state index contributed by atoms with van der Waals surface area (Å²) in [5.74, 6) is -1.92. The maximum Gasteiger partial charge on any atom is 0.412 e. The average Bonchev–Trinajstić information content (AvgIpc) is 3.63. The minimum atomic E-state index is -1.07. The van der Waals surface area contributed by atoms with Crippen LogP contribution in [-0.2, 0) is 53.0 Å². The van der Waals surface area contributed by atoms with E-state index in [2.05, 4.69) is 31.9 Å². The van der Waals surface area contributed by atoms with Crippen LogP contribution in [0.4, 0.5) is 15.3 Å². The first kappa shape index (κ1) is 47.8. The van der Waals surface area contributed by atoms with Gasteiger partial charge in [0.25, 0.3) is 0 Å². The van der Waals surface area contributed by atoms with E-state index in [9.17, 15) is 28.8 Å². The van der Waals surface area contributed by atoms with Gasteiger partial charge in [0.2, 0.25) is 23.6 Å². The number of carbonyl (C=O) groups is 6. The third-order valence-electron chi connectivity index (χ3n) is 10.1. The van der Waals surface area contributed by atoms with Gasteiger partial charge in [0.15, 0.2) is 0 Å². The summed E-state index contributed by atoms with van der Waals surface area (Å²) in [6.07, 6.45) is -1.20. The summed E-state index contributed by atoms with van der Waals surface area (Å²) in [7, 11) is 0. The Labute approximate surface area is 383 Å². The molecule has 0 saturated heterocycles. The molecule has 0 radical (unpaired) electrons. The van der Waals surface area contributed by atoms with E-state index in [1.807, 2.05) is 78.9 Å². The molecule has 1 atom stereocenters. The summed E-state index contributed by atoms with van der Waals surface area (Å²) in [4.78, 5) is 75.8. The fraction of sp³-hybridized carbons (Fsp3) is 0.280. The number of ether oxygens (including phenoxy) is 4. The Bertz CT molecular complexity index is 2410. The van der Waals surface area contributed by atoms with Gasteiger partial charge in [-0.15, -0.1) is 0 Å². The fourth-order valence-corrected chi connectivity index (χ4v) is 6.96. The van der Waals surface area contributed by atoms with Gasteiger partial charge in [0.05, 0.1) is 19.7 Å². The highest BCUT2D eigenvalue weighted by Gasteiger charge is 2.29. The molecule has 0 heterocycles. The van der Waals surface area contributed by atoms with E-state index in [1.165, 1.54) is 0 Å². The first-order valence-electron chi connectivity index (χ1n) is 21.4. The summed E-state index contributed by atoms with van der Waals surface area (Å²) in [6.45, 7) is 4.60. The van der Waals surface area contributed by atoms with Gasteiger partial charge in [0.1, 0.15) is 43.9 Å². The summed E-state index contributed by atoms with van der Waals surface area (Å²) in [5, 5.41) is 15.3. The molecule has 16 nitrogen and oxygen atoms in total. The van der Waals surface area contributed by atoms with Crippen LogP contribution < -0.4 is 36.6 Å². The van der Waals surface area contributed by atoms with Gasteiger partial charge in [-0.2, -0.15) is 0 Å². The lowest BCUT2D eigenvalue weighted by atomic mass is 9.98. The Morgan fingerprint density at radius 1 is 0.576 bits per heavy atom. The van der Waals surface area contributed by atoms with E-state index in [0.717, 1.165) is 38.9 Å². The maximum absolute atomic E-state index is 13.2. The van der Waals surface area contributed by atoms with Crippen molar-refractivity contribution in [2.24, 2.45) is 0 Å². The lowest BCUT2D eigenvalue weighted by molar-refractivity contribution is -0.131. The van der Waals surface area contributed by atoms with Crippen LogP contribution in [0.2, 0.25) is 0 Å². The molecule has 0 spiro atoms. The molecule has 0 saturated carbocycles. The molecule has 6 N–H and O–H groups in total. The second-order valence-corrected chi connectivity index (χ2v) is 16.3. The van der Waals surface area contributed by atoms with Crippen LogP contribution in [0, 0.1) is 0 Å². The van der Waals surface area contributed by atoms with Crippen molar-refractivity contribution in [3.8, 4) is 16.9 Å². The molecule has 16 heteroatoms. The van der Waals surface area contributed by atoms with E-state index in [1.54, 1.807) is 69.3 Å². The van der Waals surface area contributed by atoms with E-state index in [4.69, 9.17) is 18.9 Å². The molecule has 0 unspecified atom stereocenters. The Kier molecular flexibility index (Phi) is 16.8. The molecule has 5 aromatic rings. The monoisotopic (exact) mass is 898 g/mol. The summed E-state index contributed by atoms with van der Waals surface area (Å²) in [5.41, 5.74) is 6.82. The number of rotatable bonds is 20. The molecule has 66 heavy (non-hydrogen) atoms. The lowest BCUT2D eigenvalue weighted by Gasteiger charge is -2.19. The Morgan fingerprint density at radius 2 is 1.15 bits per heavy atom. The number of carbonyl (C=O) groups excluding carboxylic acids is 6. The molecule has 1 aliphatic carbocycles. The number of hydrogen-bond acceptors (Lipinski definition) is 10. The predicted octanol–water partition coefficient (Wildman–Crippen LogP) is 5.70. The van der Waals surface area contributed by atoms with E-state index >= 15 is 0 Å². The standard InChI is InChI=1S/C50H54N6O10/c1-50(2,3)66-49(62)55-36-21-23-37(24-22-36)64-30-35-19-17-34(18-20-35)29-63-32-54-45(58)26-52-47(60)43(25-33-11-5-4-6-12-33)56-46(59)28-51-44(57)27-53-48(61)65-31-42-40-15-9-7-13-38(40)39-14-8-10-16-41(39)42/h4-24,42-43H,25-32H2,1-3H3,(H,51,57)(H,52,60)(H,53,61)(H,54,58)(H,55,62)(H,56,59)/t43-/m0/s1. The molecule has 6 amide bonds. The van der Waals surface area contributed by atoms with E-state index in [-0.39, 0.29) is 38.8 Å². The third kappa shape index (κ3) is 14.9. The number of amides is 6. The Hall–Kier alpha value is -7.72. The van der Waals surface area contributed by atoms with E-state index in [0.29, 0.717) is 18.0 Å². The normalized spacial score (nSPS) is 12.0. The van der Waals surface area contributed by atoms with Gasteiger partial charge in [0, 0.05) is 18.0 Å². The van der Waals surface area contributed by atoms with Crippen molar-refractivity contribution in [2.75, 3.05) is 38.3 Å². The second-order valence-electron chi connectivity index (χ2n) is 16.3. The molecular formula is C50H54N6O10. The number of alkyl carbamates (subject to hydrolysis) is 1. The van der Waals surface area contributed by atoms with Crippen LogP contribution in [0.25, 0.3) is 11.1 Å². The molecule has 6 rings (SSSR count). The molecule has 344 valence electrons. The zero-order chi connectivity index (χ0) is 46.9. The van der Waals surface area contributed by atoms with Crippen molar-refractivity contribution in [1.82, 2.24) is 26.6 Å². The van der Waals surface area contributed by atoms with Gasteiger partial charge in [-0.1, -0.05) is 103 Å². The molecule has 0 bridgehead atoms. The molecule has 0 aromatic heterocycles. The predicted molar refractivity (Wildman–Crippen MR) is 246 cm³/mol. The quantitative estimate of drug-likeness (QED) is 0.0415. The summed E-state index contributed by atoms with van der Waals surface area (Å²) in [6, 6.07) is 38.3. The van der Waals surface area contributed by atoms with Crippen LogP contribution in [0.3, 0.4) is 0 Å². The van der Waals surface area contributed by atoms with Crippen LogP contribution in [-0.4, -0.2) is 80.4 Å².